The molecule has 1 unspecified atom stereocenters. The third-order valence-corrected chi connectivity index (χ3v) is 4.71. The van der Waals surface area contributed by atoms with Crippen LogP contribution >= 0.6 is 11.8 Å². The highest BCUT2D eigenvalue weighted by molar-refractivity contribution is 8.03. The normalized spacial score (nSPS) is 18.9. The van der Waals surface area contributed by atoms with Gasteiger partial charge in [0.25, 0.3) is 0 Å². The van der Waals surface area contributed by atoms with Crippen LogP contribution in [0.1, 0.15) is 11.1 Å². The summed E-state index contributed by atoms with van der Waals surface area (Å²) in [6.07, 6.45) is 0.364. The molecule has 3 rings (SSSR count). The molecule has 1 N–H and O–H groups in total. The topological polar surface area (TPSA) is 55.4 Å². The maximum atomic E-state index is 11.9. The molecule has 1 aliphatic heterocycles. The van der Waals surface area contributed by atoms with Crippen molar-refractivity contribution in [2.45, 2.75) is 12.6 Å². The average molecular weight is 339 g/mol. The van der Waals surface area contributed by atoms with Crippen LogP contribution in [-0.4, -0.2) is 24.0 Å². The van der Waals surface area contributed by atoms with Crippen molar-refractivity contribution < 1.29 is 14.3 Å². The molecule has 0 aliphatic carbocycles. The lowest BCUT2D eigenvalue weighted by Gasteiger charge is -2.16. The number of ketones is 1. The second-order valence-corrected chi connectivity index (χ2v) is 6.30. The van der Waals surface area contributed by atoms with Crippen LogP contribution in [0.25, 0.3) is 5.76 Å². The van der Waals surface area contributed by atoms with Crippen LogP contribution in [0.3, 0.4) is 0 Å². The summed E-state index contributed by atoms with van der Waals surface area (Å²) in [5.41, 5.74) is 1.93. The molecule has 0 aromatic heterocycles. The smallest absolute Gasteiger partial charge is 0.217 e. The van der Waals surface area contributed by atoms with E-state index in [0.29, 0.717) is 24.5 Å². The Balaban J connectivity index is 1.94. The third-order valence-electron chi connectivity index (χ3n) is 3.66. The fourth-order valence-corrected chi connectivity index (χ4v) is 3.57. The van der Waals surface area contributed by atoms with E-state index in [2.05, 4.69) is 5.32 Å². The second-order valence-electron chi connectivity index (χ2n) is 5.28. The van der Waals surface area contributed by atoms with Gasteiger partial charge in [-0.25, -0.2) is 0 Å². The van der Waals surface area contributed by atoms with Crippen LogP contribution in [0.4, 0.5) is 0 Å². The first kappa shape index (κ1) is 16.5. The predicted octanol–water partition coefficient (Wildman–Crippen LogP) is 3.00. The van der Waals surface area contributed by atoms with Gasteiger partial charge in [-0.3, -0.25) is 14.9 Å². The summed E-state index contributed by atoms with van der Waals surface area (Å²) in [5, 5.41) is 3.05. The fraction of sp³-hybridized carbons (Fsp3) is 0.158. The summed E-state index contributed by atoms with van der Waals surface area (Å²) >= 11 is 1.50. The molecule has 122 valence electrons. The van der Waals surface area contributed by atoms with Crippen molar-refractivity contribution in [1.82, 2.24) is 5.32 Å². The summed E-state index contributed by atoms with van der Waals surface area (Å²) in [7, 11) is 0. The van der Waals surface area contributed by atoms with E-state index in [1.165, 1.54) is 11.8 Å². The minimum Gasteiger partial charge on any atom is -0.487 e. The number of thioether (sulfide) groups is 1. The van der Waals surface area contributed by atoms with E-state index in [0.717, 1.165) is 16.0 Å². The quantitative estimate of drug-likeness (QED) is 0.498. The van der Waals surface area contributed by atoms with Crippen molar-refractivity contribution in [1.29, 1.82) is 0 Å². The number of Topliss-reactive ketones (excluding diaryl/α,β-unsaturated/α-hetero) is 1. The van der Waals surface area contributed by atoms with Crippen molar-refractivity contribution in [2.75, 3.05) is 5.88 Å². The van der Waals surface area contributed by atoms with E-state index >= 15 is 0 Å². The summed E-state index contributed by atoms with van der Waals surface area (Å²) in [4.78, 5) is 23.6. The van der Waals surface area contributed by atoms with E-state index < -0.39 is 11.8 Å². The molecule has 2 aromatic carbocycles. The predicted molar refractivity (Wildman–Crippen MR) is 95.0 cm³/mol. The minimum atomic E-state index is -0.626. The van der Waals surface area contributed by atoms with E-state index in [1.807, 2.05) is 60.7 Å². The molecule has 5 heteroatoms. The van der Waals surface area contributed by atoms with Crippen LogP contribution in [-0.2, 0) is 20.9 Å². The Labute approximate surface area is 144 Å². The van der Waals surface area contributed by atoms with Crippen molar-refractivity contribution >= 4 is 29.6 Å². The van der Waals surface area contributed by atoms with Crippen molar-refractivity contribution in [3.8, 4) is 0 Å². The van der Waals surface area contributed by atoms with E-state index in [4.69, 9.17) is 4.74 Å². The Kier molecular flexibility index (Phi) is 5.46. The van der Waals surface area contributed by atoms with Gasteiger partial charge in [-0.15, -0.1) is 11.8 Å². The van der Waals surface area contributed by atoms with Crippen molar-refractivity contribution in [2.24, 2.45) is 0 Å². The summed E-state index contributed by atoms with van der Waals surface area (Å²) in [6, 6.07) is 18.9. The highest BCUT2D eigenvalue weighted by Gasteiger charge is 2.31. The first-order valence-corrected chi connectivity index (χ1v) is 8.59. The van der Waals surface area contributed by atoms with Gasteiger partial charge in [-0.05, 0) is 5.56 Å². The molecule has 24 heavy (non-hydrogen) atoms. The van der Waals surface area contributed by atoms with Gasteiger partial charge in [-0.1, -0.05) is 60.7 Å². The van der Waals surface area contributed by atoms with Gasteiger partial charge in [0.15, 0.2) is 6.29 Å². The van der Waals surface area contributed by atoms with Crippen LogP contribution in [0, 0.1) is 0 Å². The highest BCUT2D eigenvalue weighted by atomic mass is 32.2. The number of benzene rings is 2. The molecular formula is C19H17NO3S. The molecular weight excluding hydrogens is 322 g/mol. The van der Waals surface area contributed by atoms with E-state index in [1.54, 1.807) is 0 Å². The number of nitrogens with one attached hydrogen (secondary N) is 1. The second kappa shape index (κ2) is 7.95. The molecule has 2 aromatic rings. The number of carbonyl (C=O) groups excluding carboxylic acids is 2. The SMILES string of the molecule is O=CC(=O)C1NCSC1=C(OCc1ccccc1)c1ccccc1. The number of rotatable bonds is 6. The Morgan fingerprint density at radius 3 is 2.46 bits per heavy atom. The maximum absolute atomic E-state index is 11.9. The number of hydrogen-bond donors (Lipinski definition) is 1. The molecule has 0 amide bonds. The van der Waals surface area contributed by atoms with Gasteiger partial charge in [0, 0.05) is 11.4 Å². The fourth-order valence-electron chi connectivity index (χ4n) is 2.49. The Morgan fingerprint density at radius 1 is 1.12 bits per heavy atom. The van der Waals surface area contributed by atoms with Gasteiger partial charge < -0.3 is 4.74 Å². The molecule has 1 fully saturated rings. The maximum Gasteiger partial charge on any atom is 0.217 e. The standard InChI is InChI=1S/C19H17NO3S/c21-11-16(22)17-19(24-13-20-17)18(15-9-5-2-6-10-15)23-12-14-7-3-1-4-8-14/h1-11,17,20H,12-13H2. The first-order chi connectivity index (χ1) is 11.8. The zero-order valence-electron chi connectivity index (χ0n) is 13.0. The molecule has 1 saturated heterocycles. The molecule has 1 aliphatic rings. The van der Waals surface area contributed by atoms with E-state index in [9.17, 15) is 9.59 Å². The molecule has 0 bridgehead atoms. The Morgan fingerprint density at radius 2 is 1.79 bits per heavy atom. The Bertz CT molecular complexity index is 744. The van der Waals surface area contributed by atoms with Crippen LogP contribution in [0.2, 0.25) is 0 Å². The minimum absolute atomic E-state index is 0.364. The lowest BCUT2D eigenvalue weighted by Crippen LogP contribution is -2.33. The zero-order valence-corrected chi connectivity index (χ0v) is 13.8. The molecule has 1 atom stereocenters. The molecule has 0 spiro atoms. The lowest BCUT2D eigenvalue weighted by molar-refractivity contribution is -0.130. The summed E-state index contributed by atoms with van der Waals surface area (Å²) in [5.74, 6) is 0.742. The van der Waals surface area contributed by atoms with Gasteiger partial charge in [-0.2, -0.15) is 0 Å². The van der Waals surface area contributed by atoms with Crippen molar-refractivity contribution in [3.63, 3.8) is 0 Å². The summed E-state index contributed by atoms with van der Waals surface area (Å²) < 4.78 is 6.07. The Hall–Kier alpha value is -2.37. The van der Waals surface area contributed by atoms with Crippen LogP contribution in [0.5, 0.6) is 0 Å². The van der Waals surface area contributed by atoms with Crippen LogP contribution in [0.15, 0.2) is 65.6 Å². The van der Waals surface area contributed by atoms with Crippen LogP contribution < -0.4 is 5.32 Å². The zero-order chi connectivity index (χ0) is 16.8. The van der Waals surface area contributed by atoms with Gasteiger partial charge >= 0.3 is 0 Å². The molecule has 0 radical (unpaired) electrons. The van der Waals surface area contributed by atoms with Gasteiger partial charge in [0.2, 0.25) is 5.78 Å². The van der Waals surface area contributed by atoms with Crippen molar-refractivity contribution in [3.05, 3.63) is 76.7 Å². The average Bonchev–Trinajstić information content (AvgIpc) is 3.12. The first-order valence-electron chi connectivity index (χ1n) is 7.61. The highest BCUT2D eigenvalue weighted by Crippen LogP contribution is 2.35. The number of hydrogen-bond acceptors (Lipinski definition) is 5. The monoisotopic (exact) mass is 339 g/mol. The third kappa shape index (κ3) is 3.75. The molecule has 0 saturated carbocycles. The van der Waals surface area contributed by atoms with Gasteiger partial charge in [0.05, 0.1) is 4.91 Å². The number of carbonyl (C=O) groups is 2. The largest absolute Gasteiger partial charge is 0.487 e. The lowest BCUT2D eigenvalue weighted by atomic mass is 10.1. The summed E-state index contributed by atoms with van der Waals surface area (Å²) in [6.45, 7) is 0.400. The molecule has 1 heterocycles. The number of aldehydes is 1. The molecule has 4 nitrogen and oxygen atoms in total. The van der Waals surface area contributed by atoms with Gasteiger partial charge in [0.1, 0.15) is 18.4 Å². The number of ether oxygens (including phenoxy) is 1. The van der Waals surface area contributed by atoms with E-state index in [-0.39, 0.29) is 0 Å².